The van der Waals surface area contributed by atoms with Crippen LogP contribution in [0.3, 0.4) is 0 Å². The molecule has 22 heavy (non-hydrogen) atoms. The van der Waals surface area contributed by atoms with Gasteiger partial charge in [0.2, 0.25) is 5.91 Å². The second kappa shape index (κ2) is 7.40. The highest BCUT2D eigenvalue weighted by atomic mass is 79.9. The number of amides is 2. The lowest BCUT2D eigenvalue weighted by Crippen LogP contribution is -2.45. The minimum Gasteiger partial charge on any atom is -0.467 e. The number of methoxy groups -OCH3 is 1. The van der Waals surface area contributed by atoms with Crippen LogP contribution in [0, 0.1) is 0 Å². The largest absolute Gasteiger partial charge is 0.467 e. The van der Waals surface area contributed by atoms with Gasteiger partial charge in [-0.3, -0.25) is 9.59 Å². The lowest BCUT2D eigenvalue weighted by molar-refractivity contribution is -0.150. The van der Waals surface area contributed by atoms with Gasteiger partial charge in [0.1, 0.15) is 6.04 Å². The van der Waals surface area contributed by atoms with Gasteiger partial charge in [0.05, 0.1) is 19.2 Å². The third kappa shape index (κ3) is 3.65. The van der Waals surface area contributed by atoms with Crippen LogP contribution < -0.4 is 5.32 Å². The van der Waals surface area contributed by atoms with Crippen molar-refractivity contribution in [1.82, 2.24) is 10.2 Å². The Morgan fingerprint density at radius 3 is 2.77 bits per heavy atom. The molecule has 118 valence electrons. The Hall–Kier alpha value is -1.89. The van der Waals surface area contributed by atoms with Crippen molar-refractivity contribution in [3.05, 3.63) is 34.3 Å². The molecule has 1 unspecified atom stereocenters. The molecule has 0 aromatic heterocycles. The Balaban J connectivity index is 1.94. The maximum Gasteiger partial charge on any atom is 0.328 e. The maximum atomic E-state index is 12.2. The zero-order chi connectivity index (χ0) is 16.1. The summed E-state index contributed by atoms with van der Waals surface area (Å²) in [5, 5.41) is 2.58. The summed E-state index contributed by atoms with van der Waals surface area (Å²) in [7, 11) is 1.30. The van der Waals surface area contributed by atoms with E-state index in [1.807, 2.05) is 0 Å². The van der Waals surface area contributed by atoms with Crippen molar-refractivity contribution in [1.29, 1.82) is 0 Å². The number of esters is 1. The van der Waals surface area contributed by atoms with Crippen LogP contribution in [0.2, 0.25) is 0 Å². The predicted octanol–water partition coefficient (Wildman–Crippen LogP) is 1.34. The van der Waals surface area contributed by atoms with Crippen LogP contribution in [0.1, 0.15) is 23.2 Å². The van der Waals surface area contributed by atoms with Crippen LogP contribution >= 0.6 is 15.9 Å². The first-order valence-corrected chi connectivity index (χ1v) is 7.74. The molecular formula is C15H17BrN2O4. The molecule has 1 heterocycles. The van der Waals surface area contributed by atoms with Crippen LogP contribution in [-0.2, 0) is 14.3 Å². The number of carbonyl (C=O) groups is 3. The number of nitrogens with one attached hydrogen (secondary N) is 1. The molecule has 1 N–H and O–H groups in total. The summed E-state index contributed by atoms with van der Waals surface area (Å²) in [6.07, 6.45) is 1.35. The second-order valence-corrected chi connectivity index (χ2v) is 5.79. The number of hydrogen-bond donors (Lipinski definition) is 1. The molecule has 0 bridgehead atoms. The Morgan fingerprint density at radius 2 is 2.09 bits per heavy atom. The molecule has 7 heteroatoms. The molecule has 1 aliphatic rings. The molecule has 1 aromatic rings. The lowest BCUT2D eigenvalue weighted by atomic mass is 10.2. The number of benzene rings is 1. The van der Waals surface area contributed by atoms with E-state index >= 15 is 0 Å². The Labute approximate surface area is 136 Å². The molecule has 2 rings (SSSR count). The summed E-state index contributed by atoms with van der Waals surface area (Å²) in [4.78, 5) is 37.3. The Kier molecular flexibility index (Phi) is 5.54. The Morgan fingerprint density at radius 1 is 1.36 bits per heavy atom. The predicted molar refractivity (Wildman–Crippen MR) is 83.2 cm³/mol. The van der Waals surface area contributed by atoms with E-state index in [1.165, 1.54) is 12.0 Å². The van der Waals surface area contributed by atoms with Gasteiger partial charge in [0.25, 0.3) is 5.91 Å². The number of nitrogens with zero attached hydrogens (tertiary/aromatic N) is 1. The highest BCUT2D eigenvalue weighted by Crippen LogP contribution is 2.18. The van der Waals surface area contributed by atoms with Crippen molar-refractivity contribution in [2.24, 2.45) is 0 Å². The Bertz CT molecular complexity index is 591. The van der Waals surface area contributed by atoms with Crippen LogP contribution in [0.4, 0.5) is 0 Å². The smallest absolute Gasteiger partial charge is 0.328 e. The average Bonchev–Trinajstić information content (AvgIpc) is 3.01. The van der Waals surface area contributed by atoms with Crippen LogP contribution in [0.5, 0.6) is 0 Å². The minimum absolute atomic E-state index is 0.145. The normalized spacial score (nSPS) is 17.2. The fraction of sp³-hybridized carbons (Fsp3) is 0.400. The molecular weight excluding hydrogens is 352 g/mol. The van der Waals surface area contributed by atoms with Gasteiger partial charge in [-0.25, -0.2) is 4.79 Å². The van der Waals surface area contributed by atoms with E-state index in [4.69, 9.17) is 4.74 Å². The zero-order valence-corrected chi connectivity index (χ0v) is 13.8. The SMILES string of the molecule is COC(=O)C1CCCN1C(=O)CNC(=O)c1ccccc1Br. The van der Waals surface area contributed by atoms with Gasteiger partial charge in [-0.2, -0.15) is 0 Å². The zero-order valence-electron chi connectivity index (χ0n) is 12.2. The molecule has 0 spiro atoms. The van der Waals surface area contributed by atoms with E-state index in [-0.39, 0.29) is 18.4 Å². The van der Waals surface area contributed by atoms with Crippen molar-refractivity contribution >= 4 is 33.7 Å². The summed E-state index contributed by atoms with van der Waals surface area (Å²) < 4.78 is 5.36. The van der Waals surface area contributed by atoms with E-state index in [9.17, 15) is 14.4 Å². The van der Waals surface area contributed by atoms with Crippen molar-refractivity contribution in [3.63, 3.8) is 0 Å². The maximum absolute atomic E-state index is 12.2. The molecule has 1 atom stereocenters. The van der Waals surface area contributed by atoms with Gasteiger partial charge in [-0.1, -0.05) is 12.1 Å². The number of ether oxygens (including phenoxy) is 1. The molecule has 1 aliphatic heterocycles. The molecule has 6 nitrogen and oxygen atoms in total. The van der Waals surface area contributed by atoms with Gasteiger partial charge in [0.15, 0.2) is 0 Å². The van der Waals surface area contributed by atoms with Crippen molar-refractivity contribution in [3.8, 4) is 0 Å². The first kappa shape index (κ1) is 16.5. The highest BCUT2D eigenvalue weighted by Gasteiger charge is 2.34. The molecule has 1 fully saturated rings. The highest BCUT2D eigenvalue weighted by molar-refractivity contribution is 9.10. The average molecular weight is 369 g/mol. The van der Waals surface area contributed by atoms with Gasteiger partial charge in [-0.05, 0) is 40.9 Å². The van der Waals surface area contributed by atoms with Gasteiger partial charge in [0, 0.05) is 11.0 Å². The monoisotopic (exact) mass is 368 g/mol. The molecule has 0 radical (unpaired) electrons. The van der Waals surface area contributed by atoms with E-state index in [1.54, 1.807) is 24.3 Å². The van der Waals surface area contributed by atoms with Crippen molar-refractivity contribution in [2.45, 2.75) is 18.9 Å². The van der Waals surface area contributed by atoms with E-state index in [2.05, 4.69) is 21.2 Å². The van der Waals surface area contributed by atoms with E-state index in [0.717, 1.165) is 6.42 Å². The van der Waals surface area contributed by atoms with Gasteiger partial charge in [-0.15, -0.1) is 0 Å². The van der Waals surface area contributed by atoms with E-state index in [0.29, 0.717) is 23.0 Å². The number of halogens is 1. The van der Waals surface area contributed by atoms with E-state index < -0.39 is 12.0 Å². The molecule has 2 amide bonds. The molecule has 1 aromatic carbocycles. The first-order valence-electron chi connectivity index (χ1n) is 6.94. The van der Waals surface area contributed by atoms with Crippen LogP contribution in [0.25, 0.3) is 0 Å². The fourth-order valence-corrected chi connectivity index (χ4v) is 2.91. The first-order chi connectivity index (χ1) is 10.5. The third-order valence-electron chi connectivity index (χ3n) is 3.57. The fourth-order valence-electron chi connectivity index (χ4n) is 2.44. The van der Waals surface area contributed by atoms with Crippen LogP contribution in [0.15, 0.2) is 28.7 Å². The minimum atomic E-state index is -0.544. The molecule has 0 saturated carbocycles. The molecule has 0 aliphatic carbocycles. The van der Waals surface area contributed by atoms with Gasteiger partial charge < -0.3 is 15.0 Å². The summed E-state index contributed by atoms with van der Waals surface area (Å²) in [5.74, 6) is -1.04. The summed E-state index contributed by atoms with van der Waals surface area (Å²) in [5.41, 5.74) is 0.459. The number of likely N-dealkylation sites (tertiary alicyclic amines) is 1. The standard InChI is InChI=1S/C15H17BrN2O4/c1-22-15(21)12-7-4-8-18(12)13(19)9-17-14(20)10-5-2-3-6-11(10)16/h2-3,5-6,12H,4,7-9H2,1H3,(H,17,20). The van der Waals surface area contributed by atoms with Crippen molar-refractivity contribution in [2.75, 3.05) is 20.2 Å². The second-order valence-electron chi connectivity index (χ2n) is 4.93. The number of rotatable bonds is 4. The number of carbonyl (C=O) groups excluding carboxylic acids is 3. The summed E-state index contributed by atoms with van der Waals surface area (Å²) >= 11 is 3.29. The lowest BCUT2D eigenvalue weighted by Gasteiger charge is -2.22. The summed E-state index contributed by atoms with van der Waals surface area (Å²) in [6.45, 7) is 0.358. The van der Waals surface area contributed by atoms with Crippen LogP contribution in [-0.4, -0.2) is 48.9 Å². The quantitative estimate of drug-likeness (QED) is 0.813. The third-order valence-corrected chi connectivity index (χ3v) is 4.26. The van der Waals surface area contributed by atoms with Crippen molar-refractivity contribution < 1.29 is 19.1 Å². The topological polar surface area (TPSA) is 75.7 Å². The number of hydrogen-bond acceptors (Lipinski definition) is 4. The van der Waals surface area contributed by atoms with Gasteiger partial charge >= 0.3 is 5.97 Å². The molecule has 1 saturated heterocycles. The summed E-state index contributed by atoms with van der Waals surface area (Å²) in [6, 6.07) is 6.42.